The molecular weight excluding hydrogens is 384 g/mol. The Morgan fingerprint density at radius 2 is 1.57 bits per heavy atom. The molecule has 30 heavy (non-hydrogen) atoms. The zero-order valence-corrected chi connectivity index (χ0v) is 18.1. The number of amides is 3. The first-order valence-corrected chi connectivity index (χ1v) is 10.7. The molecule has 1 aromatic carbocycles. The summed E-state index contributed by atoms with van der Waals surface area (Å²) < 4.78 is 5.35. The molecule has 3 atom stereocenters. The van der Waals surface area contributed by atoms with E-state index in [1.54, 1.807) is 29.2 Å². The molecule has 7 nitrogen and oxygen atoms in total. The number of imide groups is 1. The molecule has 7 heteroatoms. The van der Waals surface area contributed by atoms with Crippen LogP contribution < -0.4 is 0 Å². The van der Waals surface area contributed by atoms with Gasteiger partial charge in [-0.15, -0.1) is 0 Å². The van der Waals surface area contributed by atoms with Crippen LogP contribution in [0.3, 0.4) is 0 Å². The second-order valence-electron chi connectivity index (χ2n) is 8.71. The van der Waals surface area contributed by atoms with Crippen LogP contribution in [0, 0.1) is 5.92 Å². The van der Waals surface area contributed by atoms with E-state index in [-0.39, 0.29) is 48.1 Å². The topological polar surface area (TPSA) is 84.0 Å². The number of carbonyl (C=O) groups excluding carboxylic acids is 4. The Hall–Kier alpha value is -2.70. The minimum absolute atomic E-state index is 0.0460. The first-order valence-electron chi connectivity index (χ1n) is 10.7. The largest absolute Gasteiger partial charge is 0.454 e. The smallest absolute Gasteiger partial charge is 0.329 e. The standard InChI is InChI=1S/C23H30N2O5/c1-14(2)12-19(25-21(27)17-10-5-6-11-18(17)22(25)28)23(29)30-13-20(26)24-15(3)8-7-9-16(24)4/h5-6,10-11,14-16,19H,7-9,12-13H2,1-4H3/t15-,16-,19-/m1/s1. The lowest BCUT2D eigenvalue weighted by molar-refractivity contribution is -0.158. The molecule has 3 rings (SSSR count). The maximum atomic E-state index is 12.9. The predicted molar refractivity (Wildman–Crippen MR) is 111 cm³/mol. The SMILES string of the molecule is CC(C)C[C@H](C(=O)OCC(=O)N1[C@H](C)CCC[C@H]1C)N1C(=O)c2ccccc2C1=O. The molecule has 0 spiro atoms. The molecule has 0 saturated carbocycles. The summed E-state index contributed by atoms with van der Waals surface area (Å²) >= 11 is 0. The Bertz CT molecular complexity index is 805. The quantitative estimate of drug-likeness (QED) is 0.528. The van der Waals surface area contributed by atoms with Crippen LogP contribution in [0.1, 0.15) is 74.1 Å². The molecule has 0 aromatic heterocycles. The highest BCUT2D eigenvalue weighted by Gasteiger charge is 2.43. The summed E-state index contributed by atoms with van der Waals surface area (Å²) in [5.74, 6) is -1.91. The van der Waals surface area contributed by atoms with Gasteiger partial charge in [-0.3, -0.25) is 19.3 Å². The van der Waals surface area contributed by atoms with Crippen LogP contribution in [-0.4, -0.2) is 58.2 Å². The lowest BCUT2D eigenvalue weighted by Crippen LogP contribution is -2.50. The fourth-order valence-electron chi connectivity index (χ4n) is 4.46. The van der Waals surface area contributed by atoms with Crippen LogP contribution in [0.2, 0.25) is 0 Å². The molecule has 2 aliphatic heterocycles. The van der Waals surface area contributed by atoms with E-state index in [0.717, 1.165) is 24.2 Å². The van der Waals surface area contributed by atoms with E-state index in [2.05, 4.69) is 0 Å². The molecule has 0 aliphatic carbocycles. The zero-order valence-electron chi connectivity index (χ0n) is 18.1. The van der Waals surface area contributed by atoms with Gasteiger partial charge in [-0.2, -0.15) is 0 Å². The third-order valence-corrected chi connectivity index (χ3v) is 5.92. The average molecular weight is 415 g/mol. The highest BCUT2D eigenvalue weighted by atomic mass is 16.5. The maximum absolute atomic E-state index is 12.9. The first-order chi connectivity index (χ1) is 14.2. The molecule has 162 valence electrons. The summed E-state index contributed by atoms with van der Waals surface area (Å²) in [6.45, 7) is 7.41. The molecule has 0 unspecified atom stereocenters. The Morgan fingerprint density at radius 1 is 1.03 bits per heavy atom. The number of fused-ring (bicyclic) bond motifs is 1. The molecule has 2 heterocycles. The average Bonchev–Trinajstić information content (AvgIpc) is 2.95. The second kappa shape index (κ2) is 8.98. The Kier molecular flexibility index (Phi) is 6.58. The minimum Gasteiger partial charge on any atom is -0.454 e. The van der Waals surface area contributed by atoms with Gasteiger partial charge >= 0.3 is 5.97 Å². The van der Waals surface area contributed by atoms with E-state index in [9.17, 15) is 19.2 Å². The lowest BCUT2D eigenvalue weighted by Gasteiger charge is -2.39. The van der Waals surface area contributed by atoms with E-state index >= 15 is 0 Å². The van der Waals surface area contributed by atoms with Crippen LogP contribution in [0.5, 0.6) is 0 Å². The van der Waals surface area contributed by atoms with Crippen molar-refractivity contribution >= 4 is 23.7 Å². The normalized spacial score (nSPS) is 22.3. The van der Waals surface area contributed by atoms with Crippen LogP contribution in [0.15, 0.2) is 24.3 Å². The summed E-state index contributed by atoms with van der Waals surface area (Å²) in [6.07, 6.45) is 3.20. The number of benzene rings is 1. The van der Waals surface area contributed by atoms with Gasteiger partial charge in [0.15, 0.2) is 6.61 Å². The van der Waals surface area contributed by atoms with E-state index in [4.69, 9.17) is 4.74 Å². The third kappa shape index (κ3) is 4.25. The summed E-state index contributed by atoms with van der Waals surface area (Å²) in [4.78, 5) is 54.0. The van der Waals surface area contributed by atoms with Crippen molar-refractivity contribution in [3.8, 4) is 0 Å². The molecule has 0 bridgehead atoms. The number of hydrogen-bond donors (Lipinski definition) is 0. The van der Waals surface area contributed by atoms with Crippen LogP contribution in [0.25, 0.3) is 0 Å². The molecular formula is C23H30N2O5. The molecule has 1 aromatic rings. The highest BCUT2D eigenvalue weighted by molar-refractivity contribution is 6.22. The van der Waals surface area contributed by atoms with Crippen molar-refractivity contribution in [3.63, 3.8) is 0 Å². The molecule has 0 N–H and O–H groups in total. The van der Waals surface area contributed by atoms with Crippen molar-refractivity contribution < 1.29 is 23.9 Å². The number of piperidine rings is 1. The minimum atomic E-state index is -1.05. The third-order valence-electron chi connectivity index (χ3n) is 5.92. The Balaban J connectivity index is 1.73. The van der Waals surface area contributed by atoms with Crippen molar-refractivity contribution in [2.24, 2.45) is 5.92 Å². The Morgan fingerprint density at radius 3 is 2.07 bits per heavy atom. The number of rotatable bonds is 6. The summed E-state index contributed by atoms with van der Waals surface area (Å²) in [5, 5.41) is 0. The number of carbonyl (C=O) groups is 4. The number of nitrogens with zero attached hydrogens (tertiary/aromatic N) is 2. The predicted octanol–water partition coefficient (Wildman–Crippen LogP) is 3.03. The van der Waals surface area contributed by atoms with Gasteiger partial charge in [0.2, 0.25) is 0 Å². The second-order valence-corrected chi connectivity index (χ2v) is 8.71. The monoisotopic (exact) mass is 414 g/mol. The summed E-state index contributed by atoms with van der Waals surface area (Å²) in [6, 6.07) is 5.67. The van der Waals surface area contributed by atoms with E-state index in [1.165, 1.54) is 0 Å². The van der Waals surface area contributed by atoms with E-state index in [0.29, 0.717) is 0 Å². The van der Waals surface area contributed by atoms with Crippen LogP contribution >= 0.6 is 0 Å². The van der Waals surface area contributed by atoms with Gasteiger partial charge in [0.1, 0.15) is 6.04 Å². The van der Waals surface area contributed by atoms with Crippen molar-refractivity contribution in [1.29, 1.82) is 0 Å². The van der Waals surface area contributed by atoms with Crippen molar-refractivity contribution in [1.82, 2.24) is 9.80 Å². The Labute approximate surface area is 177 Å². The van der Waals surface area contributed by atoms with E-state index < -0.39 is 23.8 Å². The summed E-state index contributed by atoms with van der Waals surface area (Å²) in [5.41, 5.74) is 0.576. The maximum Gasteiger partial charge on any atom is 0.329 e. The van der Waals surface area contributed by atoms with Gasteiger partial charge < -0.3 is 9.64 Å². The van der Waals surface area contributed by atoms with Gasteiger partial charge in [-0.05, 0) is 57.6 Å². The van der Waals surface area contributed by atoms with E-state index in [1.807, 2.05) is 27.7 Å². The molecule has 0 radical (unpaired) electrons. The lowest BCUT2D eigenvalue weighted by atomic mass is 9.97. The number of ether oxygens (including phenoxy) is 1. The molecule has 2 aliphatic rings. The van der Waals surface area contributed by atoms with Crippen LogP contribution in [0.4, 0.5) is 0 Å². The highest BCUT2D eigenvalue weighted by Crippen LogP contribution is 2.28. The number of hydrogen-bond acceptors (Lipinski definition) is 5. The van der Waals surface area contributed by atoms with Gasteiger partial charge in [-0.1, -0.05) is 26.0 Å². The van der Waals surface area contributed by atoms with Gasteiger partial charge in [0, 0.05) is 12.1 Å². The zero-order chi connectivity index (χ0) is 22.0. The fourth-order valence-corrected chi connectivity index (χ4v) is 4.46. The van der Waals surface area contributed by atoms with Crippen molar-refractivity contribution in [3.05, 3.63) is 35.4 Å². The van der Waals surface area contributed by atoms with Crippen molar-refractivity contribution in [2.45, 2.75) is 71.5 Å². The van der Waals surface area contributed by atoms with Crippen LogP contribution in [-0.2, 0) is 14.3 Å². The van der Waals surface area contributed by atoms with Gasteiger partial charge in [0.05, 0.1) is 11.1 Å². The summed E-state index contributed by atoms with van der Waals surface area (Å²) in [7, 11) is 0. The fraction of sp³-hybridized carbons (Fsp3) is 0.565. The van der Waals surface area contributed by atoms with Crippen molar-refractivity contribution in [2.75, 3.05) is 6.61 Å². The van der Waals surface area contributed by atoms with Gasteiger partial charge in [-0.25, -0.2) is 4.79 Å². The molecule has 1 saturated heterocycles. The first kappa shape index (κ1) is 22.0. The molecule has 3 amide bonds. The van der Waals surface area contributed by atoms with Gasteiger partial charge in [0.25, 0.3) is 17.7 Å². The number of esters is 1. The molecule has 1 fully saturated rings. The number of likely N-dealkylation sites (tertiary alicyclic amines) is 1.